The average molecular weight is 494 g/mol. The maximum absolute atomic E-state index is 13.7. The van der Waals surface area contributed by atoms with E-state index in [0.717, 1.165) is 57.3 Å². The molecule has 6 atom stereocenters. The van der Waals surface area contributed by atoms with Crippen molar-refractivity contribution in [2.75, 3.05) is 34.0 Å². The molecule has 196 valence electrons. The Morgan fingerprint density at radius 3 is 2.60 bits per heavy atom. The van der Waals surface area contributed by atoms with Gasteiger partial charge in [-0.05, 0) is 50.5 Å². The molecule has 2 saturated carbocycles. The maximum atomic E-state index is 13.7. The zero-order valence-electron chi connectivity index (χ0n) is 21.4. The second kappa shape index (κ2) is 10.8. The second-order valence-corrected chi connectivity index (χ2v) is 10.9. The highest BCUT2D eigenvalue weighted by Crippen LogP contribution is 2.62. The lowest BCUT2D eigenvalue weighted by molar-refractivity contribution is -0.716. The quantitative estimate of drug-likeness (QED) is 0.102. The third-order valence-corrected chi connectivity index (χ3v) is 8.89. The van der Waals surface area contributed by atoms with Gasteiger partial charge in [-0.3, -0.25) is 9.59 Å². The number of hydrogen-bond donors (Lipinski definition) is 4. The third-order valence-electron chi connectivity index (χ3n) is 8.89. The highest BCUT2D eigenvalue weighted by Gasteiger charge is 2.87. The van der Waals surface area contributed by atoms with Crippen molar-refractivity contribution in [3.8, 4) is 0 Å². The summed E-state index contributed by atoms with van der Waals surface area (Å²) in [6.07, 6.45) is 7.61. The molecule has 0 aromatic rings. The van der Waals surface area contributed by atoms with Gasteiger partial charge in [0.15, 0.2) is 17.2 Å². The molecule has 2 saturated heterocycles. The molecule has 9 heteroatoms. The van der Waals surface area contributed by atoms with Gasteiger partial charge in [-0.25, -0.2) is 10.1 Å². The van der Waals surface area contributed by atoms with Crippen molar-refractivity contribution in [3.63, 3.8) is 0 Å². The number of ketones is 2. The number of carbonyl (C=O) groups is 3. The van der Waals surface area contributed by atoms with Gasteiger partial charge in [0.2, 0.25) is 0 Å². The van der Waals surface area contributed by atoms with Gasteiger partial charge in [-0.15, -0.1) is 0 Å². The highest BCUT2D eigenvalue weighted by atomic mass is 16.7. The Hall–Kier alpha value is -1.65. The van der Waals surface area contributed by atoms with Crippen LogP contribution in [0.2, 0.25) is 0 Å². The monoisotopic (exact) mass is 493 g/mol. The molecule has 6 N–H and O–H groups in total. The van der Waals surface area contributed by atoms with Gasteiger partial charge in [0.1, 0.15) is 12.8 Å². The van der Waals surface area contributed by atoms with Gasteiger partial charge in [0, 0.05) is 24.7 Å². The van der Waals surface area contributed by atoms with Gasteiger partial charge in [0.05, 0.1) is 27.3 Å². The summed E-state index contributed by atoms with van der Waals surface area (Å²) in [4.78, 5) is 40.0. The van der Waals surface area contributed by atoms with Crippen molar-refractivity contribution >= 4 is 17.5 Å². The lowest BCUT2D eigenvalue weighted by atomic mass is 9.60. The van der Waals surface area contributed by atoms with Gasteiger partial charge < -0.3 is 25.2 Å². The largest absolute Gasteiger partial charge is 0.466 e. The van der Waals surface area contributed by atoms with Crippen molar-refractivity contribution in [3.05, 3.63) is 11.1 Å². The number of rotatable bonds is 10. The summed E-state index contributed by atoms with van der Waals surface area (Å²) in [6.45, 7) is 3.76. The molecule has 4 rings (SSSR count). The Morgan fingerprint density at radius 2 is 1.94 bits per heavy atom. The zero-order valence-corrected chi connectivity index (χ0v) is 21.4. The zero-order chi connectivity index (χ0) is 25.2. The fourth-order valence-corrected chi connectivity index (χ4v) is 6.77. The van der Waals surface area contributed by atoms with Crippen LogP contribution in [0.3, 0.4) is 0 Å². The Labute approximate surface area is 207 Å². The number of quaternary nitrogens is 2. The number of aliphatic hydroxyl groups is 1. The molecule has 0 amide bonds. The molecular formula is C26H43N3O6+2. The minimum absolute atomic E-state index is 0.0766. The maximum Gasteiger partial charge on any atom is 0.349 e. The van der Waals surface area contributed by atoms with Crippen LogP contribution in [0, 0.1) is 17.8 Å². The number of nitrogens with two attached hydrogens (primary N) is 2. The van der Waals surface area contributed by atoms with E-state index in [1.165, 1.54) is 7.11 Å². The lowest BCUT2D eigenvalue weighted by Crippen LogP contribution is -2.97. The first kappa shape index (κ1) is 26.4. The normalized spacial score (nSPS) is 37.3. The molecule has 0 aromatic heterocycles. The Morgan fingerprint density at radius 1 is 1.23 bits per heavy atom. The molecule has 0 aromatic carbocycles. The standard InChI is InChI=1S/C26H41N3O6/c1-16(8-9-17-10-11-28-21(12-17)29-15-27-2)18(14-30)13-25-22(31)19-6-4-5-7-20(19)23(32)26(25,35-25)24(33)34-3/h17,19-21,27-30H,4-15H2,1-3H3/p+2/t17?,19?,20?,21?,25-,26-/m0/s1. The number of ether oxygens (including phenoxy) is 2. The number of fused-ring (bicyclic) bond motifs is 2. The molecule has 0 bridgehead atoms. The number of esters is 1. The number of carbonyl (C=O) groups excluding carboxylic acids is 3. The van der Waals surface area contributed by atoms with Gasteiger partial charge in [-0.2, -0.15) is 0 Å². The van der Waals surface area contributed by atoms with Crippen molar-refractivity contribution in [1.82, 2.24) is 5.32 Å². The number of epoxide rings is 1. The number of hydrogen-bond acceptors (Lipinski definition) is 7. The van der Waals surface area contributed by atoms with E-state index in [4.69, 9.17) is 9.47 Å². The summed E-state index contributed by atoms with van der Waals surface area (Å²) < 4.78 is 10.9. The SMILES string of the molecule is C[NH2+]CNC1CC(CCC(C)=C(CO)C[C@@]23O[C@]2(C(=O)OC)C(=O)C2CCCCC2C3=O)CC[NH2+]1. The predicted molar refractivity (Wildman–Crippen MR) is 127 cm³/mol. The molecule has 4 unspecified atom stereocenters. The highest BCUT2D eigenvalue weighted by molar-refractivity contribution is 6.23. The van der Waals surface area contributed by atoms with E-state index in [1.54, 1.807) is 0 Å². The minimum atomic E-state index is -1.84. The van der Waals surface area contributed by atoms with Gasteiger partial charge in [0.25, 0.3) is 5.60 Å². The summed E-state index contributed by atoms with van der Waals surface area (Å²) >= 11 is 0. The number of allylic oxidation sites excluding steroid dienone is 1. The van der Waals surface area contributed by atoms with E-state index in [1.807, 2.05) is 6.92 Å². The smallest absolute Gasteiger partial charge is 0.349 e. The third kappa shape index (κ3) is 4.62. The summed E-state index contributed by atoms with van der Waals surface area (Å²) in [7, 11) is 3.28. The predicted octanol–water partition coefficient (Wildman–Crippen LogP) is -0.856. The van der Waals surface area contributed by atoms with E-state index in [9.17, 15) is 19.5 Å². The van der Waals surface area contributed by atoms with Crippen LogP contribution in [0.5, 0.6) is 0 Å². The summed E-state index contributed by atoms with van der Waals surface area (Å²) in [5.74, 6) is -1.52. The van der Waals surface area contributed by atoms with E-state index in [-0.39, 0.29) is 24.6 Å². The number of piperidine rings is 1. The molecule has 4 aliphatic rings. The van der Waals surface area contributed by atoms with Crippen LogP contribution in [0.4, 0.5) is 0 Å². The first-order chi connectivity index (χ1) is 16.8. The molecular weight excluding hydrogens is 450 g/mol. The van der Waals surface area contributed by atoms with Crippen LogP contribution < -0.4 is 16.0 Å². The summed E-state index contributed by atoms with van der Waals surface area (Å²) in [5, 5.41) is 18.3. The van der Waals surface area contributed by atoms with Crippen LogP contribution >= 0.6 is 0 Å². The van der Waals surface area contributed by atoms with E-state index >= 15 is 0 Å². The fraction of sp³-hybridized carbons (Fsp3) is 0.808. The number of methoxy groups -OCH3 is 1. The molecule has 2 aliphatic carbocycles. The number of Topliss-reactive ketones (excluding diaryl/α,β-unsaturated/α-hetero) is 2. The Kier molecular flexibility index (Phi) is 8.12. The molecule has 4 fully saturated rings. The molecule has 0 spiro atoms. The molecule has 2 heterocycles. The second-order valence-electron chi connectivity index (χ2n) is 10.9. The van der Waals surface area contributed by atoms with E-state index < -0.39 is 29.0 Å². The van der Waals surface area contributed by atoms with Crippen molar-refractivity contribution in [1.29, 1.82) is 0 Å². The van der Waals surface area contributed by atoms with Crippen molar-refractivity contribution in [2.24, 2.45) is 17.8 Å². The first-order valence-corrected chi connectivity index (χ1v) is 13.3. The number of nitrogens with one attached hydrogen (secondary N) is 1. The molecule has 0 radical (unpaired) electrons. The number of aliphatic hydroxyl groups excluding tert-OH is 1. The first-order valence-electron chi connectivity index (χ1n) is 13.3. The topological polar surface area (TPSA) is 138 Å². The van der Waals surface area contributed by atoms with Crippen LogP contribution in [-0.4, -0.2) is 74.0 Å². The Bertz CT molecular complexity index is 875. The minimum Gasteiger partial charge on any atom is -0.466 e. The molecule has 2 aliphatic heterocycles. The summed E-state index contributed by atoms with van der Waals surface area (Å²) in [5.41, 5.74) is -1.65. The van der Waals surface area contributed by atoms with E-state index in [0.29, 0.717) is 30.5 Å². The van der Waals surface area contributed by atoms with E-state index in [2.05, 4.69) is 23.0 Å². The van der Waals surface area contributed by atoms with Gasteiger partial charge >= 0.3 is 5.97 Å². The van der Waals surface area contributed by atoms with Crippen LogP contribution in [-0.2, 0) is 23.9 Å². The van der Waals surface area contributed by atoms with Crippen LogP contribution in [0.15, 0.2) is 11.1 Å². The lowest BCUT2D eigenvalue weighted by Gasteiger charge is -2.37. The van der Waals surface area contributed by atoms with Crippen LogP contribution in [0.1, 0.15) is 64.7 Å². The molecule has 9 nitrogen and oxygen atoms in total. The average Bonchev–Trinajstić information content (AvgIpc) is 3.59. The van der Waals surface area contributed by atoms with Crippen molar-refractivity contribution < 1.29 is 39.6 Å². The van der Waals surface area contributed by atoms with Crippen LogP contribution in [0.25, 0.3) is 0 Å². The molecule has 35 heavy (non-hydrogen) atoms. The Balaban J connectivity index is 1.49. The fourth-order valence-electron chi connectivity index (χ4n) is 6.77. The summed E-state index contributed by atoms with van der Waals surface area (Å²) in [6, 6.07) is 0. The van der Waals surface area contributed by atoms with Crippen molar-refractivity contribution in [2.45, 2.75) is 82.1 Å². The van der Waals surface area contributed by atoms with Gasteiger partial charge in [-0.1, -0.05) is 18.4 Å².